The van der Waals surface area contributed by atoms with Crippen molar-refractivity contribution in [3.8, 4) is 0 Å². The van der Waals surface area contributed by atoms with Crippen LogP contribution in [0, 0.1) is 19.7 Å². The van der Waals surface area contributed by atoms with Gasteiger partial charge in [-0.25, -0.2) is 12.8 Å². The summed E-state index contributed by atoms with van der Waals surface area (Å²) in [6, 6.07) is 17.2. The molecule has 0 aliphatic rings. The van der Waals surface area contributed by atoms with E-state index in [4.69, 9.17) is 0 Å². The van der Waals surface area contributed by atoms with Gasteiger partial charge in [-0.05, 0) is 87.1 Å². The second kappa shape index (κ2) is 10.1. The first-order chi connectivity index (χ1) is 15.6. The van der Waals surface area contributed by atoms with Crippen molar-refractivity contribution in [2.45, 2.75) is 24.8 Å². The van der Waals surface area contributed by atoms with Crippen LogP contribution in [0.25, 0.3) is 0 Å². The van der Waals surface area contributed by atoms with Crippen molar-refractivity contribution in [3.63, 3.8) is 0 Å². The van der Waals surface area contributed by atoms with E-state index in [2.05, 4.69) is 10.0 Å². The van der Waals surface area contributed by atoms with Crippen LogP contribution in [0.2, 0.25) is 0 Å². The number of likely N-dealkylation sites (N-methyl/N-ethyl adjacent to an activating group) is 1. The number of nitrogens with zero attached hydrogens (tertiary/aromatic N) is 1. The van der Waals surface area contributed by atoms with E-state index in [1.165, 1.54) is 36.4 Å². The van der Waals surface area contributed by atoms with E-state index < -0.39 is 10.0 Å². The monoisotopic (exact) mass is 469 g/mol. The molecule has 33 heavy (non-hydrogen) atoms. The molecule has 8 heteroatoms. The van der Waals surface area contributed by atoms with Gasteiger partial charge < -0.3 is 10.2 Å². The van der Waals surface area contributed by atoms with Crippen LogP contribution in [0.1, 0.15) is 33.1 Å². The molecule has 1 unspecified atom stereocenters. The molecule has 0 heterocycles. The standard InChI is InChI=1S/C25H28FN3O3S/c1-17-7-5-10-23(18(17)2)28-33(31,32)22-13-11-19(12-14-22)25(30)27-16-24(29(3)4)20-8-6-9-21(26)15-20/h5-15,24,28H,16H2,1-4H3,(H,27,30). The van der Waals surface area contributed by atoms with Crippen molar-refractivity contribution in [1.29, 1.82) is 0 Å². The number of rotatable bonds is 8. The molecule has 0 radical (unpaired) electrons. The average Bonchev–Trinajstić information content (AvgIpc) is 2.77. The number of hydrogen-bond donors (Lipinski definition) is 2. The van der Waals surface area contributed by atoms with Crippen LogP contribution in [0.3, 0.4) is 0 Å². The summed E-state index contributed by atoms with van der Waals surface area (Å²) in [6.07, 6.45) is 0. The Bertz CT molecular complexity index is 1240. The Balaban J connectivity index is 1.70. The lowest BCUT2D eigenvalue weighted by atomic mass is 10.1. The quantitative estimate of drug-likeness (QED) is 0.516. The first-order valence-electron chi connectivity index (χ1n) is 10.5. The van der Waals surface area contributed by atoms with Crippen molar-refractivity contribution >= 4 is 21.6 Å². The van der Waals surface area contributed by atoms with Gasteiger partial charge in [-0.2, -0.15) is 0 Å². The van der Waals surface area contributed by atoms with Crippen molar-refractivity contribution in [2.24, 2.45) is 0 Å². The molecule has 0 aliphatic carbocycles. The number of amides is 1. The number of carbonyl (C=O) groups is 1. The molecule has 3 aromatic carbocycles. The van der Waals surface area contributed by atoms with Crippen LogP contribution in [0.4, 0.5) is 10.1 Å². The predicted octanol–water partition coefficient (Wildman–Crippen LogP) is 4.28. The maximum Gasteiger partial charge on any atom is 0.261 e. The summed E-state index contributed by atoms with van der Waals surface area (Å²) >= 11 is 0. The van der Waals surface area contributed by atoms with Gasteiger partial charge in [-0.15, -0.1) is 0 Å². The topological polar surface area (TPSA) is 78.5 Å². The minimum absolute atomic E-state index is 0.0610. The smallest absolute Gasteiger partial charge is 0.261 e. The second-order valence-corrected chi connectivity index (χ2v) is 9.80. The van der Waals surface area contributed by atoms with Crippen LogP contribution in [-0.4, -0.2) is 39.9 Å². The highest BCUT2D eigenvalue weighted by Gasteiger charge is 2.19. The molecular weight excluding hydrogens is 441 g/mol. The molecular formula is C25H28FN3O3S. The molecule has 1 atom stereocenters. The normalized spacial score (nSPS) is 12.4. The van der Waals surface area contributed by atoms with Crippen LogP contribution < -0.4 is 10.0 Å². The summed E-state index contributed by atoms with van der Waals surface area (Å²) in [5, 5.41) is 2.84. The Labute approximate surface area is 194 Å². The van der Waals surface area contributed by atoms with Crippen LogP contribution >= 0.6 is 0 Å². The van der Waals surface area contributed by atoms with Crippen molar-refractivity contribution in [2.75, 3.05) is 25.4 Å². The van der Waals surface area contributed by atoms with E-state index in [9.17, 15) is 17.6 Å². The Morgan fingerprint density at radius 2 is 1.67 bits per heavy atom. The Morgan fingerprint density at radius 1 is 1.00 bits per heavy atom. The Morgan fingerprint density at radius 3 is 2.30 bits per heavy atom. The number of benzene rings is 3. The van der Waals surface area contributed by atoms with Gasteiger partial charge >= 0.3 is 0 Å². The zero-order chi connectivity index (χ0) is 24.2. The molecule has 0 spiro atoms. The van der Waals surface area contributed by atoms with Gasteiger partial charge in [0.25, 0.3) is 15.9 Å². The highest BCUT2D eigenvalue weighted by molar-refractivity contribution is 7.92. The third kappa shape index (κ3) is 5.97. The minimum Gasteiger partial charge on any atom is -0.350 e. The summed E-state index contributed by atoms with van der Waals surface area (Å²) < 4.78 is 41.8. The van der Waals surface area contributed by atoms with Crippen molar-refractivity contribution < 1.29 is 17.6 Å². The maximum absolute atomic E-state index is 13.6. The molecule has 2 N–H and O–H groups in total. The summed E-state index contributed by atoms with van der Waals surface area (Å²) in [4.78, 5) is 14.6. The van der Waals surface area contributed by atoms with Crippen molar-refractivity contribution in [3.05, 3.63) is 94.8 Å². The summed E-state index contributed by atoms with van der Waals surface area (Å²) in [7, 11) is -0.0930. The number of sulfonamides is 1. The highest BCUT2D eigenvalue weighted by Crippen LogP contribution is 2.22. The van der Waals surface area contributed by atoms with E-state index in [0.29, 0.717) is 11.3 Å². The van der Waals surface area contributed by atoms with E-state index in [1.54, 1.807) is 18.2 Å². The molecule has 3 aromatic rings. The maximum atomic E-state index is 13.6. The van der Waals surface area contributed by atoms with Crippen molar-refractivity contribution in [1.82, 2.24) is 10.2 Å². The predicted molar refractivity (Wildman–Crippen MR) is 128 cm³/mol. The zero-order valence-electron chi connectivity index (χ0n) is 19.1. The largest absolute Gasteiger partial charge is 0.350 e. The van der Waals surface area contributed by atoms with Crippen LogP contribution in [0.5, 0.6) is 0 Å². The number of nitrogens with one attached hydrogen (secondary N) is 2. The molecule has 0 aliphatic heterocycles. The van der Waals surface area contributed by atoms with Gasteiger partial charge in [0.2, 0.25) is 0 Å². The Kier molecular flexibility index (Phi) is 7.50. The van der Waals surface area contributed by atoms with Gasteiger partial charge in [0.05, 0.1) is 16.6 Å². The number of hydrogen-bond acceptors (Lipinski definition) is 4. The molecule has 0 bridgehead atoms. The number of carbonyl (C=O) groups excluding carboxylic acids is 1. The SMILES string of the molecule is Cc1cccc(NS(=O)(=O)c2ccc(C(=O)NCC(c3cccc(F)c3)N(C)C)cc2)c1C. The lowest BCUT2D eigenvalue weighted by Gasteiger charge is -2.25. The first kappa shape index (κ1) is 24.4. The van der Waals surface area contributed by atoms with E-state index in [0.717, 1.165) is 16.7 Å². The molecule has 174 valence electrons. The lowest BCUT2D eigenvalue weighted by Crippen LogP contribution is -2.34. The molecule has 0 saturated heterocycles. The molecule has 0 saturated carbocycles. The lowest BCUT2D eigenvalue weighted by molar-refractivity contribution is 0.0942. The molecule has 3 rings (SSSR count). The average molecular weight is 470 g/mol. The summed E-state index contributed by atoms with van der Waals surface area (Å²) in [6.45, 7) is 4.03. The van der Waals surface area contributed by atoms with Gasteiger partial charge in [0.15, 0.2) is 0 Å². The summed E-state index contributed by atoms with van der Waals surface area (Å²) in [5.74, 6) is -0.679. The molecule has 0 fully saturated rings. The fraction of sp³-hybridized carbons (Fsp3) is 0.240. The number of halogens is 1. The second-order valence-electron chi connectivity index (χ2n) is 8.12. The first-order valence-corrected chi connectivity index (χ1v) is 12.0. The molecule has 0 aromatic heterocycles. The van der Waals surface area contributed by atoms with Gasteiger partial charge in [0, 0.05) is 12.1 Å². The number of aryl methyl sites for hydroxylation is 1. The summed E-state index contributed by atoms with van der Waals surface area (Å²) in [5.41, 5.74) is 3.43. The molecule has 6 nitrogen and oxygen atoms in total. The van der Waals surface area contributed by atoms with E-state index >= 15 is 0 Å². The fourth-order valence-corrected chi connectivity index (χ4v) is 4.58. The van der Waals surface area contributed by atoms with Crippen LogP contribution in [-0.2, 0) is 10.0 Å². The Hall–Kier alpha value is -3.23. The van der Waals surface area contributed by atoms with E-state index in [1.807, 2.05) is 45.0 Å². The third-order valence-corrected chi connectivity index (χ3v) is 6.97. The number of anilines is 1. The molecule has 1 amide bonds. The van der Waals surface area contributed by atoms with Gasteiger partial charge in [-0.1, -0.05) is 24.3 Å². The van der Waals surface area contributed by atoms with Crippen LogP contribution in [0.15, 0.2) is 71.6 Å². The fourth-order valence-electron chi connectivity index (χ4n) is 3.45. The zero-order valence-corrected chi connectivity index (χ0v) is 19.9. The minimum atomic E-state index is -3.80. The van der Waals surface area contributed by atoms with E-state index in [-0.39, 0.29) is 29.2 Å². The highest BCUT2D eigenvalue weighted by atomic mass is 32.2. The van der Waals surface area contributed by atoms with Gasteiger partial charge in [-0.3, -0.25) is 9.52 Å². The third-order valence-electron chi connectivity index (χ3n) is 5.59. The van der Waals surface area contributed by atoms with Gasteiger partial charge in [0.1, 0.15) is 5.82 Å².